The molecule has 0 aliphatic carbocycles. The topological polar surface area (TPSA) is 52.5 Å². The van der Waals surface area contributed by atoms with Crippen LogP contribution in [0.5, 0.6) is 11.5 Å². The Balaban J connectivity index is 2.04. The molecule has 2 rings (SSSR count). The Hall–Kier alpha value is -2.14. The van der Waals surface area contributed by atoms with Crippen molar-refractivity contribution in [3.05, 3.63) is 41.7 Å². The lowest BCUT2D eigenvalue weighted by atomic mass is 10.2. The van der Waals surface area contributed by atoms with Gasteiger partial charge < -0.3 is 19.4 Å². The zero-order chi connectivity index (χ0) is 15.2. The van der Waals surface area contributed by atoms with Gasteiger partial charge in [-0.25, -0.2) is 0 Å². The molecule has 1 aromatic carbocycles. The average molecular weight is 309 g/mol. The Morgan fingerprint density at radius 2 is 1.86 bits per heavy atom. The Morgan fingerprint density at radius 3 is 2.48 bits per heavy atom. The molecular weight excluding hydrogens is 292 g/mol. The highest BCUT2D eigenvalue weighted by Gasteiger charge is 2.12. The van der Waals surface area contributed by atoms with E-state index in [0.717, 1.165) is 0 Å². The van der Waals surface area contributed by atoms with Crippen LogP contribution in [0.4, 0.5) is 5.69 Å². The number of benzene rings is 1. The summed E-state index contributed by atoms with van der Waals surface area (Å²) >= 11 is 6.06. The lowest BCUT2D eigenvalue weighted by Crippen LogP contribution is -2.14. The van der Waals surface area contributed by atoms with Crippen molar-refractivity contribution < 1.29 is 14.3 Å². The van der Waals surface area contributed by atoms with Crippen LogP contribution in [-0.2, 0) is 11.3 Å². The van der Waals surface area contributed by atoms with Gasteiger partial charge in [-0.15, -0.1) is 0 Å². The van der Waals surface area contributed by atoms with Gasteiger partial charge in [-0.2, -0.15) is 0 Å². The number of anilines is 1. The normalized spacial score (nSPS) is 10.2. The number of hydrogen-bond acceptors (Lipinski definition) is 3. The summed E-state index contributed by atoms with van der Waals surface area (Å²) in [6.07, 6.45) is 4.19. The highest BCUT2D eigenvalue weighted by Crippen LogP contribution is 2.35. The fraction of sp³-hybridized carbons (Fsp3) is 0.267. The van der Waals surface area contributed by atoms with Crippen LogP contribution < -0.4 is 14.8 Å². The molecule has 0 bridgehead atoms. The zero-order valence-corrected chi connectivity index (χ0v) is 12.7. The number of carbonyl (C=O) groups is 1. The van der Waals surface area contributed by atoms with E-state index in [2.05, 4.69) is 5.32 Å². The molecule has 0 saturated carbocycles. The van der Waals surface area contributed by atoms with Crippen molar-refractivity contribution in [2.75, 3.05) is 19.5 Å². The minimum Gasteiger partial charge on any atom is -0.495 e. The molecule has 21 heavy (non-hydrogen) atoms. The lowest BCUT2D eigenvalue weighted by Gasteiger charge is -2.13. The largest absolute Gasteiger partial charge is 0.495 e. The molecule has 1 heterocycles. The summed E-state index contributed by atoms with van der Waals surface area (Å²) < 4.78 is 12.3. The van der Waals surface area contributed by atoms with Crippen molar-refractivity contribution >= 4 is 23.2 Å². The molecule has 0 unspecified atom stereocenters. The Bertz CT molecular complexity index is 612. The quantitative estimate of drug-likeness (QED) is 0.891. The molecule has 1 N–H and O–H groups in total. The Kier molecular flexibility index (Phi) is 5.11. The molecule has 0 fully saturated rings. The van der Waals surface area contributed by atoms with Crippen molar-refractivity contribution in [1.82, 2.24) is 4.57 Å². The number of aromatic nitrogens is 1. The smallest absolute Gasteiger partial charge is 0.226 e. The molecule has 1 amide bonds. The molecule has 2 aromatic rings. The zero-order valence-electron chi connectivity index (χ0n) is 11.9. The van der Waals surface area contributed by atoms with Gasteiger partial charge in [-0.1, -0.05) is 11.6 Å². The van der Waals surface area contributed by atoms with E-state index in [0.29, 0.717) is 35.2 Å². The minimum absolute atomic E-state index is 0.108. The summed E-state index contributed by atoms with van der Waals surface area (Å²) in [6, 6.07) is 7.10. The molecule has 0 atom stereocenters. The number of nitrogens with one attached hydrogen (secondary N) is 1. The van der Waals surface area contributed by atoms with Crippen LogP contribution in [0.15, 0.2) is 36.7 Å². The summed E-state index contributed by atoms with van der Waals surface area (Å²) in [7, 11) is 3.05. The summed E-state index contributed by atoms with van der Waals surface area (Å²) in [4.78, 5) is 12.0. The van der Waals surface area contributed by atoms with Gasteiger partial charge in [0, 0.05) is 31.4 Å². The van der Waals surface area contributed by atoms with Crippen molar-refractivity contribution in [1.29, 1.82) is 0 Å². The number of hydrogen-bond donors (Lipinski definition) is 1. The van der Waals surface area contributed by atoms with Crippen molar-refractivity contribution in [3.63, 3.8) is 0 Å². The van der Waals surface area contributed by atoms with E-state index in [1.165, 1.54) is 14.2 Å². The number of halogens is 1. The van der Waals surface area contributed by atoms with Gasteiger partial charge in [0.15, 0.2) is 0 Å². The molecule has 112 valence electrons. The monoisotopic (exact) mass is 308 g/mol. The first-order valence-electron chi connectivity index (χ1n) is 6.46. The molecule has 0 aliphatic heterocycles. The number of methoxy groups -OCH3 is 2. The van der Waals surface area contributed by atoms with E-state index < -0.39 is 0 Å². The van der Waals surface area contributed by atoms with E-state index >= 15 is 0 Å². The van der Waals surface area contributed by atoms with Gasteiger partial charge in [0.25, 0.3) is 0 Å². The van der Waals surface area contributed by atoms with Gasteiger partial charge in [0.2, 0.25) is 5.91 Å². The second kappa shape index (κ2) is 7.04. The second-order valence-corrected chi connectivity index (χ2v) is 4.81. The number of rotatable bonds is 6. The highest BCUT2D eigenvalue weighted by molar-refractivity contribution is 6.32. The molecule has 6 heteroatoms. The fourth-order valence-corrected chi connectivity index (χ4v) is 2.16. The molecule has 0 radical (unpaired) electrons. The third kappa shape index (κ3) is 3.92. The first kappa shape index (κ1) is 15.3. The third-order valence-corrected chi connectivity index (χ3v) is 3.31. The first-order valence-corrected chi connectivity index (χ1v) is 6.84. The highest BCUT2D eigenvalue weighted by atomic mass is 35.5. The van der Waals surface area contributed by atoms with Crippen LogP contribution in [0.3, 0.4) is 0 Å². The van der Waals surface area contributed by atoms with Crippen molar-refractivity contribution in [2.24, 2.45) is 0 Å². The van der Waals surface area contributed by atoms with Gasteiger partial charge in [-0.05, 0) is 18.2 Å². The first-order chi connectivity index (χ1) is 10.1. The van der Waals surface area contributed by atoms with E-state index in [-0.39, 0.29) is 5.91 Å². The predicted molar refractivity (Wildman–Crippen MR) is 82.2 cm³/mol. The summed E-state index contributed by atoms with van der Waals surface area (Å²) in [5, 5.41) is 3.21. The average Bonchev–Trinajstić information content (AvgIpc) is 2.99. The second-order valence-electron chi connectivity index (χ2n) is 4.41. The third-order valence-electron chi connectivity index (χ3n) is 3.01. The minimum atomic E-state index is -0.108. The predicted octanol–water partition coefficient (Wildman–Crippen LogP) is 3.19. The molecule has 0 aliphatic rings. The van der Waals surface area contributed by atoms with E-state index in [1.54, 1.807) is 12.1 Å². The van der Waals surface area contributed by atoms with E-state index in [1.807, 2.05) is 29.1 Å². The number of amides is 1. The van der Waals surface area contributed by atoms with Crippen LogP contribution in [0.1, 0.15) is 6.42 Å². The van der Waals surface area contributed by atoms with Crippen LogP contribution >= 0.6 is 11.6 Å². The maximum absolute atomic E-state index is 12.0. The van der Waals surface area contributed by atoms with Crippen molar-refractivity contribution in [2.45, 2.75) is 13.0 Å². The maximum atomic E-state index is 12.0. The fourth-order valence-electron chi connectivity index (χ4n) is 1.92. The molecule has 0 spiro atoms. The van der Waals surface area contributed by atoms with E-state index in [4.69, 9.17) is 21.1 Å². The standard InChI is InChI=1S/C15H17ClN2O3/c1-20-13-10-14(21-2)12(9-11(13)16)17-15(19)5-8-18-6-3-4-7-18/h3-4,6-7,9-10H,5,8H2,1-2H3,(H,17,19). The number of aryl methyl sites for hydroxylation is 1. The maximum Gasteiger partial charge on any atom is 0.226 e. The molecular formula is C15H17ClN2O3. The number of carbonyl (C=O) groups excluding carboxylic acids is 1. The Labute approximate surface area is 128 Å². The van der Waals surface area contributed by atoms with Gasteiger partial charge in [0.05, 0.1) is 24.9 Å². The SMILES string of the molecule is COc1cc(OC)c(NC(=O)CCn2cccc2)cc1Cl. The van der Waals surface area contributed by atoms with Gasteiger partial charge in [0.1, 0.15) is 11.5 Å². The van der Waals surface area contributed by atoms with Crippen molar-refractivity contribution in [3.8, 4) is 11.5 Å². The molecule has 5 nitrogen and oxygen atoms in total. The Morgan fingerprint density at radius 1 is 1.19 bits per heavy atom. The lowest BCUT2D eigenvalue weighted by molar-refractivity contribution is -0.116. The summed E-state index contributed by atoms with van der Waals surface area (Å²) in [5.41, 5.74) is 0.529. The number of nitrogens with zero attached hydrogens (tertiary/aromatic N) is 1. The van der Waals surface area contributed by atoms with Gasteiger partial charge >= 0.3 is 0 Å². The molecule has 1 aromatic heterocycles. The molecule has 0 saturated heterocycles. The summed E-state index contributed by atoms with van der Waals surface area (Å²) in [6.45, 7) is 0.616. The van der Waals surface area contributed by atoms with E-state index in [9.17, 15) is 4.79 Å². The van der Waals surface area contributed by atoms with Crippen LogP contribution in [0, 0.1) is 0 Å². The van der Waals surface area contributed by atoms with Crippen LogP contribution in [0.2, 0.25) is 5.02 Å². The van der Waals surface area contributed by atoms with Crippen LogP contribution in [-0.4, -0.2) is 24.7 Å². The summed E-state index contributed by atoms with van der Waals surface area (Å²) in [5.74, 6) is 0.896. The van der Waals surface area contributed by atoms with Gasteiger partial charge in [-0.3, -0.25) is 4.79 Å². The number of ether oxygens (including phenoxy) is 2. The van der Waals surface area contributed by atoms with Crippen LogP contribution in [0.25, 0.3) is 0 Å².